The number of hydrogen-bond donors (Lipinski definition) is 2. The van der Waals surface area contributed by atoms with Crippen LogP contribution in [0.15, 0.2) is 18.2 Å². The summed E-state index contributed by atoms with van der Waals surface area (Å²) < 4.78 is 18.4. The van der Waals surface area contributed by atoms with Crippen LogP contribution in [0.2, 0.25) is 0 Å². The summed E-state index contributed by atoms with van der Waals surface area (Å²) in [4.78, 5) is 23.4. The molecular weight excluding hydrogens is 255 g/mol. The minimum atomic E-state index is -1.11. The molecule has 1 heterocycles. The number of carboxylic acid groups (broad SMARTS) is 1. The van der Waals surface area contributed by atoms with Gasteiger partial charge in [-0.3, -0.25) is 4.79 Å². The van der Waals surface area contributed by atoms with Gasteiger partial charge in [0, 0.05) is 6.54 Å². The monoisotopic (exact) mass is 268 g/mol. The number of carboxylic acids is 1. The average molecular weight is 268 g/mol. The highest BCUT2D eigenvalue weighted by atomic mass is 19.1. The Kier molecular flexibility index (Phi) is 3.55. The number of carbonyl (C=O) groups is 2. The predicted molar refractivity (Wildman–Crippen MR) is 63.4 cm³/mol. The Bertz CT molecular complexity index is 520. The first-order chi connectivity index (χ1) is 9.02. The van der Waals surface area contributed by atoms with Crippen LogP contribution in [0.4, 0.5) is 9.18 Å². The third kappa shape index (κ3) is 2.59. The lowest BCUT2D eigenvalue weighted by atomic mass is 10.1. The maximum atomic E-state index is 13.6. The number of nitrogens with one attached hydrogen (secondary N) is 1. The van der Waals surface area contributed by atoms with Crippen LogP contribution in [0, 0.1) is 5.82 Å². The van der Waals surface area contributed by atoms with E-state index in [1.165, 1.54) is 19.2 Å². The fraction of sp³-hybridized carbons (Fsp3) is 0.333. The topological polar surface area (TPSA) is 78.9 Å². The van der Waals surface area contributed by atoms with E-state index in [-0.39, 0.29) is 12.3 Å². The van der Waals surface area contributed by atoms with Crippen LogP contribution in [0.3, 0.4) is 0 Å². The summed E-state index contributed by atoms with van der Waals surface area (Å²) in [6.45, 7) is -0.179. The molecule has 0 bridgehead atoms. The molecule has 19 heavy (non-hydrogen) atoms. The van der Waals surface area contributed by atoms with Crippen LogP contribution in [0.25, 0.3) is 0 Å². The second-order valence-corrected chi connectivity index (χ2v) is 4.12. The van der Waals surface area contributed by atoms with Crippen molar-refractivity contribution in [2.45, 2.75) is 6.04 Å². The molecule has 0 radical (unpaired) electrons. The smallest absolute Gasteiger partial charge is 0.323 e. The number of ether oxygens (including phenoxy) is 1. The number of carbonyl (C=O) groups excluding carboxylic acids is 1. The van der Waals surface area contributed by atoms with Gasteiger partial charge in [-0.2, -0.15) is 0 Å². The second-order valence-electron chi connectivity index (χ2n) is 4.12. The third-order valence-electron chi connectivity index (χ3n) is 2.95. The zero-order valence-corrected chi connectivity index (χ0v) is 10.2. The van der Waals surface area contributed by atoms with Gasteiger partial charge < -0.3 is 20.1 Å². The quantitative estimate of drug-likeness (QED) is 0.853. The Labute approximate surface area is 108 Å². The van der Waals surface area contributed by atoms with Gasteiger partial charge in [0.2, 0.25) is 0 Å². The van der Waals surface area contributed by atoms with Crippen LogP contribution in [0.1, 0.15) is 11.6 Å². The number of methoxy groups -OCH3 is 1. The Morgan fingerprint density at radius 2 is 2.37 bits per heavy atom. The van der Waals surface area contributed by atoms with Gasteiger partial charge in [-0.1, -0.05) is 6.07 Å². The van der Waals surface area contributed by atoms with Crippen molar-refractivity contribution in [3.8, 4) is 5.75 Å². The number of aliphatic carboxylic acids is 1. The van der Waals surface area contributed by atoms with E-state index in [4.69, 9.17) is 9.84 Å². The Hall–Kier alpha value is -2.31. The van der Waals surface area contributed by atoms with Crippen molar-refractivity contribution in [1.29, 1.82) is 0 Å². The van der Waals surface area contributed by atoms with E-state index in [1.807, 2.05) is 0 Å². The average Bonchev–Trinajstić information content (AvgIpc) is 2.70. The Morgan fingerprint density at radius 1 is 1.63 bits per heavy atom. The summed E-state index contributed by atoms with van der Waals surface area (Å²) in [5.74, 6) is -1.56. The highest BCUT2D eigenvalue weighted by molar-refractivity contribution is 5.82. The molecule has 0 aliphatic carbocycles. The van der Waals surface area contributed by atoms with Crippen LogP contribution in [0.5, 0.6) is 5.75 Å². The maximum absolute atomic E-state index is 13.6. The second kappa shape index (κ2) is 5.13. The standard InChI is InChI=1S/C12H13FN2O4/c1-19-10-3-2-7(4-8(10)13)9-5-14-12(18)15(9)6-11(16)17/h2-4,9H,5-6H2,1H3,(H,14,18)(H,16,17). The maximum Gasteiger partial charge on any atom is 0.323 e. The summed E-state index contributed by atoms with van der Waals surface area (Å²) >= 11 is 0. The number of hydrogen-bond acceptors (Lipinski definition) is 3. The molecule has 2 N–H and O–H groups in total. The molecule has 6 nitrogen and oxygen atoms in total. The Morgan fingerprint density at radius 3 is 2.95 bits per heavy atom. The van der Waals surface area contributed by atoms with E-state index >= 15 is 0 Å². The molecule has 1 aromatic carbocycles. The lowest BCUT2D eigenvalue weighted by Gasteiger charge is -2.21. The zero-order valence-electron chi connectivity index (χ0n) is 10.2. The normalized spacial score (nSPS) is 18.3. The minimum absolute atomic E-state index is 0.103. The number of rotatable bonds is 4. The summed E-state index contributed by atoms with van der Waals surface area (Å²) in [7, 11) is 1.36. The van der Waals surface area contributed by atoms with Crippen LogP contribution < -0.4 is 10.1 Å². The van der Waals surface area contributed by atoms with Gasteiger partial charge in [-0.15, -0.1) is 0 Å². The molecule has 1 unspecified atom stereocenters. The van der Waals surface area contributed by atoms with E-state index in [9.17, 15) is 14.0 Å². The molecular formula is C12H13FN2O4. The molecule has 1 aliphatic heterocycles. The molecule has 102 valence electrons. The zero-order chi connectivity index (χ0) is 14.0. The van der Waals surface area contributed by atoms with Crippen LogP contribution >= 0.6 is 0 Å². The van der Waals surface area contributed by atoms with Crippen molar-refractivity contribution in [1.82, 2.24) is 10.2 Å². The molecule has 1 aromatic rings. The van der Waals surface area contributed by atoms with E-state index in [0.29, 0.717) is 5.56 Å². The molecule has 7 heteroatoms. The summed E-state index contributed by atoms with van der Waals surface area (Å²) in [5.41, 5.74) is 0.526. The van der Waals surface area contributed by atoms with Gasteiger partial charge in [-0.25, -0.2) is 9.18 Å². The third-order valence-corrected chi connectivity index (χ3v) is 2.95. The van der Waals surface area contributed by atoms with E-state index in [2.05, 4.69) is 5.32 Å². The lowest BCUT2D eigenvalue weighted by Crippen LogP contribution is -2.34. The first-order valence-corrected chi connectivity index (χ1v) is 5.62. The van der Waals surface area contributed by atoms with Gasteiger partial charge in [0.25, 0.3) is 0 Å². The first-order valence-electron chi connectivity index (χ1n) is 5.62. The van der Waals surface area contributed by atoms with Crippen molar-refractivity contribution >= 4 is 12.0 Å². The fourth-order valence-corrected chi connectivity index (χ4v) is 2.05. The number of halogens is 1. The van der Waals surface area contributed by atoms with Gasteiger partial charge in [0.1, 0.15) is 6.54 Å². The van der Waals surface area contributed by atoms with Gasteiger partial charge in [0.15, 0.2) is 11.6 Å². The number of nitrogens with zero attached hydrogens (tertiary/aromatic N) is 1. The molecule has 2 amide bonds. The van der Waals surface area contributed by atoms with Gasteiger partial charge in [-0.05, 0) is 17.7 Å². The molecule has 0 saturated carbocycles. The van der Waals surface area contributed by atoms with Crippen LogP contribution in [-0.4, -0.2) is 42.2 Å². The van der Waals surface area contributed by atoms with E-state index in [1.54, 1.807) is 6.07 Å². The van der Waals surface area contributed by atoms with Crippen molar-refractivity contribution in [3.05, 3.63) is 29.6 Å². The highest BCUT2D eigenvalue weighted by Crippen LogP contribution is 2.27. The SMILES string of the molecule is COc1ccc(C2CNC(=O)N2CC(=O)O)cc1F. The molecule has 1 fully saturated rings. The Balaban J connectivity index is 2.27. The predicted octanol–water partition coefficient (Wildman–Crippen LogP) is 0.985. The first kappa shape index (κ1) is 13.1. The molecule has 1 atom stereocenters. The fourth-order valence-electron chi connectivity index (χ4n) is 2.05. The summed E-state index contributed by atoms with van der Waals surface area (Å²) in [5, 5.41) is 11.3. The van der Waals surface area contributed by atoms with Crippen molar-refractivity contribution in [2.75, 3.05) is 20.2 Å². The molecule has 0 aromatic heterocycles. The van der Waals surface area contributed by atoms with E-state index in [0.717, 1.165) is 4.90 Å². The number of urea groups is 1. The summed E-state index contributed by atoms with van der Waals surface area (Å²) in [6, 6.07) is 3.35. The lowest BCUT2D eigenvalue weighted by molar-refractivity contribution is -0.137. The van der Waals surface area contributed by atoms with Crippen LogP contribution in [-0.2, 0) is 4.79 Å². The molecule has 0 spiro atoms. The van der Waals surface area contributed by atoms with Gasteiger partial charge >= 0.3 is 12.0 Å². The molecule has 1 saturated heterocycles. The van der Waals surface area contributed by atoms with Crippen molar-refractivity contribution in [2.24, 2.45) is 0 Å². The van der Waals surface area contributed by atoms with Gasteiger partial charge in [0.05, 0.1) is 13.2 Å². The molecule has 2 rings (SSSR count). The summed E-state index contributed by atoms with van der Waals surface area (Å²) in [6.07, 6.45) is 0. The minimum Gasteiger partial charge on any atom is -0.494 e. The molecule has 1 aliphatic rings. The van der Waals surface area contributed by atoms with Crippen molar-refractivity contribution < 1.29 is 23.8 Å². The largest absolute Gasteiger partial charge is 0.494 e. The van der Waals surface area contributed by atoms with E-state index < -0.39 is 30.4 Å². The van der Waals surface area contributed by atoms with Crippen molar-refractivity contribution in [3.63, 3.8) is 0 Å². The number of amides is 2. The highest BCUT2D eigenvalue weighted by Gasteiger charge is 2.33. The number of benzene rings is 1.